The predicted octanol–water partition coefficient (Wildman–Crippen LogP) is 1.91. The number of aromatic nitrogens is 3. The van der Waals surface area contributed by atoms with E-state index < -0.39 is 0 Å². The van der Waals surface area contributed by atoms with Gasteiger partial charge < -0.3 is 16.8 Å². The maximum absolute atomic E-state index is 12.3. The lowest BCUT2D eigenvalue weighted by Crippen LogP contribution is -2.23. The van der Waals surface area contributed by atoms with Crippen LogP contribution < -0.4 is 16.8 Å². The van der Waals surface area contributed by atoms with Gasteiger partial charge >= 0.3 is 0 Å². The van der Waals surface area contributed by atoms with Crippen molar-refractivity contribution < 1.29 is 4.79 Å². The van der Waals surface area contributed by atoms with Gasteiger partial charge in [0.25, 0.3) is 0 Å². The van der Waals surface area contributed by atoms with E-state index in [2.05, 4.69) is 20.3 Å². The number of thioether (sulfide) groups is 1. The Hall–Kier alpha value is -2.35. The number of nitrogens with zero attached hydrogens (tertiary/aromatic N) is 3. The van der Waals surface area contributed by atoms with Crippen LogP contribution in [0.4, 0.5) is 17.6 Å². The van der Waals surface area contributed by atoms with E-state index in [4.69, 9.17) is 11.5 Å². The number of amides is 1. The summed E-state index contributed by atoms with van der Waals surface area (Å²) in [6.07, 6.45) is 0. The van der Waals surface area contributed by atoms with Crippen LogP contribution in [0.1, 0.15) is 23.9 Å². The third-order valence-electron chi connectivity index (χ3n) is 3.28. The van der Waals surface area contributed by atoms with E-state index >= 15 is 0 Å². The number of hydrogen-bond donors (Lipinski definition) is 3. The minimum Gasteiger partial charge on any atom is -0.368 e. The Bertz CT molecular complexity index is 681. The molecule has 0 saturated carbocycles. The average Bonchev–Trinajstić information content (AvgIpc) is 2.47. The summed E-state index contributed by atoms with van der Waals surface area (Å²) in [5, 5.41) is 2.70. The van der Waals surface area contributed by atoms with Crippen LogP contribution in [0.5, 0.6) is 0 Å². The van der Waals surface area contributed by atoms with Gasteiger partial charge in [0.05, 0.1) is 11.0 Å². The molecular weight excluding hydrogens is 312 g/mol. The maximum atomic E-state index is 12.3. The third-order valence-corrected chi connectivity index (χ3v) is 4.42. The van der Waals surface area contributed by atoms with Gasteiger partial charge in [0.15, 0.2) is 0 Å². The topological polar surface area (TPSA) is 120 Å². The Morgan fingerprint density at radius 1 is 1.17 bits per heavy atom. The molecule has 0 spiro atoms. The van der Waals surface area contributed by atoms with Gasteiger partial charge in [-0.15, -0.1) is 11.8 Å². The van der Waals surface area contributed by atoms with Crippen LogP contribution in [0, 0.1) is 13.8 Å². The van der Waals surface area contributed by atoms with Crippen LogP contribution in [-0.2, 0) is 10.5 Å². The molecule has 2 aromatic rings. The lowest BCUT2D eigenvalue weighted by atomic mass is 10.1. The fourth-order valence-corrected chi connectivity index (χ4v) is 2.77. The highest BCUT2D eigenvalue weighted by Crippen LogP contribution is 2.22. The molecule has 8 heteroatoms. The van der Waals surface area contributed by atoms with Gasteiger partial charge in [-0.05, 0) is 31.9 Å². The van der Waals surface area contributed by atoms with Crippen LogP contribution in [0.15, 0.2) is 18.2 Å². The van der Waals surface area contributed by atoms with E-state index in [0.717, 1.165) is 16.8 Å². The molecule has 0 aliphatic carbocycles. The highest BCUT2D eigenvalue weighted by atomic mass is 32.2. The molecule has 0 saturated heterocycles. The highest BCUT2D eigenvalue weighted by Gasteiger charge is 2.16. The molecule has 0 aliphatic heterocycles. The molecule has 1 aromatic heterocycles. The summed E-state index contributed by atoms with van der Waals surface area (Å²) in [7, 11) is 0. The fraction of sp³-hybridized carbons (Fsp3) is 0.333. The number of aryl methyl sites for hydroxylation is 2. The van der Waals surface area contributed by atoms with Crippen molar-refractivity contribution in [3.63, 3.8) is 0 Å². The fourth-order valence-electron chi connectivity index (χ4n) is 2.03. The molecule has 122 valence electrons. The van der Waals surface area contributed by atoms with Gasteiger partial charge in [0.2, 0.25) is 17.8 Å². The van der Waals surface area contributed by atoms with Crippen molar-refractivity contribution >= 4 is 35.3 Å². The zero-order chi connectivity index (χ0) is 17.0. The van der Waals surface area contributed by atoms with Gasteiger partial charge in [-0.2, -0.15) is 15.0 Å². The second kappa shape index (κ2) is 7.28. The molecule has 0 aliphatic rings. The third kappa shape index (κ3) is 4.56. The lowest BCUT2D eigenvalue weighted by Gasteiger charge is -2.15. The number of nitrogens with two attached hydrogens (primary N) is 2. The van der Waals surface area contributed by atoms with Crippen molar-refractivity contribution in [1.29, 1.82) is 0 Å². The summed E-state index contributed by atoms with van der Waals surface area (Å²) in [5.74, 6) is 0.994. The number of para-hydroxylation sites is 1. The van der Waals surface area contributed by atoms with Crippen molar-refractivity contribution in [3.05, 3.63) is 35.2 Å². The number of benzene rings is 1. The molecule has 5 N–H and O–H groups in total. The van der Waals surface area contributed by atoms with Gasteiger partial charge in [-0.25, -0.2) is 0 Å². The minimum absolute atomic E-state index is 0.0672. The standard InChI is InChI=1S/C15H20N6OS/c1-8-5-4-6-9(2)12(8)20-13(22)10(3)23-7-11-18-14(16)21-15(17)19-11/h4-6,10H,7H2,1-3H3,(H,20,22)(H4,16,17,18,19,21)/t10-/m1/s1. The van der Waals surface area contributed by atoms with Gasteiger partial charge in [0, 0.05) is 5.69 Å². The van der Waals surface area contributed by atoms with Crippen LogP contribution in [0.3, 0.4) is 0 Å². The Labute approximate surface area is 139 Å². The minimum atomic E-state index is -0.270. The second-order valence-electron chi connectivity index (χ2n) is 5.18. The number of nitrogen functional groups attached to an aromatic ring is 2. The molecular formula is C15H20N6OS. The zero-order valence-corrected chi connectivity index (χ0v) is 14.1. The SMILES string of the molecule is Cc1cccc(C)c1NC(=O)[C@@H](C)SCc1nc(N)nc(N)n1. The van der Waals surface area contributed by atoms with Crippen molar-refractivity contribution in [3.8, 4) is 0 Å². The van der Waals surface area contributed by atoms with Crippen molar-refractivity contribution in [2.45, 2.75) is 31.8 Å². The quantitative estimate of drug-likeness (QED) is 0.765. The lowest BCUT2D eigenvalue weighted by molar-refractivity contribution is -0.115. The Morgan fingerprint density at radius 3 is 2.30 bits per heavy atom. The van der Waals surface area contributed by atoms with Crippen molar-refractivity contribution in [2.24, 2.45) is 0 Å². The first kappa shape index (κ1) is 17.0. The van der Waals surface area contributed by atoms with E-state index in [1.807, 2.05) is 39.0 Å². The molecule has 0 radical (unpaired) electrons. The molecule has 1 atom stereocenters. The second-order valence-corrected chi connectivity index (χ2v) is 6.51. The van der Waals surface area contributed by atoms with Crippen LogP contribution in [-0.4, -0.2) is 26.1 Å². The van der Waals surface area contributed by atoms with Crippen molar-refractivity contribution in [2.75, 3.05) is 16.8 Å². The monoisotopic (exact) mass is 332 g/mol. The van der Waals surface area contributed by atoms with Crippen molar-refractivity contribution in [1.82, 2.24) is 15.0 Å². The summed E-state index contributed by atoms with van der Waals surface area (Å²) in [6, 6.07) is 5.90. The summed E-state index contributed by atoms with van der Waals surface area (Å²) in [4.78, 5) is 24.1. The van der Waals surface area contributed by atoms with Gasteiger partial charge in [-0.3, -0.25) is 4.79 Å². The Morgan fingerprint density at radius 2 is 1.74 bits per heavy atom. The van der Waals surface area contributed by atoms with E-state index in [1.165, 1.54) is 11.8 Å². The molecule has 0 bridgehead atoms. The maximum Gasteiger partial charge on any atom is 0.237 e. The molecule has 0 unspecified atom stereocenters. The number of rotatable bonds is 5. The number of carbonyl (C=O) groups is 1. The normalized spacial score (nSPS) is 12.0. The van der Waals surface area contributed by atoms with Crippen LogP contribution in [0.2, 0.25) is 0 Å². The number of hydrogen-bond acceptors (Lipinski definition) is 7. The van der Waals surface area contributed by atoms with E-state index in [0.29, 0.717) is 11.6 Å². The predicted molar refractivity (Wildman–Crippen MR) is 94.0 cm³/mol. The summed E-state index contributed by atoms with van der Waals surface area (Å²) in [6.45, 7) is 5.77. The molecule has 1 heterocycles. The van der Waals surface area contributed by atoms with E-state index in [1.54, 1.807) is 0 Å². The van der Waals surface area contributed by atoms with Crippen LogP contribution >= 0.6 is 11.8 Å². The first-order chi connectivity index (χ1) is 10.9. The molecule has 1 amide bonds. The smallest absolute Gasteiger partial charge is 0.237 e. The summed E-state index contributed by atoms with van der Waals surface area (Å²) < 4.78 is 0. The number of nitrogens with one attached hydrogen (secondary N) is 1. The van der Waals surface area contributed by atoms with E-state index in [9.17, 15) is 4.79 Å². The number of carbonyl (C=O) groups excluding carboxylic acids is 1. The summed E-state index contributed by atoms with van der Waals surface area (Å²) in [5.41, 5.74) is 14.0. The Kier molecular flexibility index (Phi) is 5.38. The first-order valence-electron chi connectivity index (χ1n) is 7.11. The highest BCUT2D eigenvalue weighted by molar-refractivity contribution is 7.99. The molecule has 0 fully saturated rings. The first-order valence-corrected chi connectivity index (χ1v) is 8.16. The van der Waals surface area contributed by atoms with Gasteiger partial charge in [0.1, 0.15) is 5.82 Å². The molecule has 1 aromatic carbocycles. The largest absolute Gasteiger partial charge is 0.368 e. The molecule has 2 rings (SSSR count). The molecule has 23 heavy (non-hydrogen) atoms. The molecule has 7 nitrogen and oxygen atoms in total. The Balaban J connectivity index is 1.97. The number of anilines is 3. The van der Waals surface area contributed by atoms with Crippen LogP contribution in [0.25, 0.3) is 0 Å². The van der Waals surface area contributed by atoms with Gasteiger partial charge in [-0.1, -0.05) is 18.2 Å². The zero-order valence-electron chi connectivity index (χ0n) is 13.3. The average molecular weight is 332 g/mol. The van der Waals surface area contributed by atoms with E-state index in [-0.39, 0.29) is 23.1 Å². The summed E-state index contributed by atoms with van der Waals surface area (Å²) >= 11 is 1.41.